The summed E-state index contributed by atoms with van der Waals surface area (Å²) >= 11 is 0. The molecule has 0 fully saturated rings. The minimum atomic E-state index is -0.254. The van der Waals surface area contributed by atoms with E-state index in [1.54, 1.807) is 7.11 Å². The van der Waals surface area contributed by atoms with Crippen LogP contribution in [0.5, 0.6) is 5.75 Å². The molecule has 5 nitrogen and oxygen atoms in total. The fourth-order valence-electron chi connectivity index (χ4n) is 2.58. The minimum Gasteiger partial charge on any atom is -0.463 e. The van der Waals surface area contributed by atoms with Gasteiger partial charge in [-0.05, 0) is 38.3 Å². The summed E-state index contributed by atoms with van der Waals surface area (Å²) in [6, 6.07) is 8.10. The van der Waals surface area contributed by atoms with E-state index in [0.29, 0.717) is 0 Å². The van der Waals surface area contributed by atoms with Crippen molar-refractivity contribution in [1.82, 2.24) is 9.80 Å². The van der Waals surface area contributed by atoms with Crippen LogP contribution in [0.1, 0.15) is 27.7 Å². The minimum absolute atomic E-state index is 0.254. The molecule has 138 valence electrons. The van der Waals surface area contributed by atoms with Crippen molar-refractivity contribution < 1.29 is 9.47 Å². The number of ether oxygens (including phenoxy) is 2. The molecule has 0 aromatic heterocycles. The van der Waals surface area contributed by atoms with Crippen LogP contribution in [0, 0.1) is 0 Å². The van der Waals surface area contributed by atoms with Gasteiger partial charge in [-0.3, -0.25) is 4.90 Å². The van der Waals surface area contributed by atoms with Crippen LogP contribution in [0.25, 0.3) is 0 Å². The van der Waals surface area contributed by atoms with Crippen molar-refractivity contribution in [3.05, 3.63) is 24.3 Å². The maximum Gasteiger partial charge on any atom is 0.212 e. The molecule has 5 heteroatoms. The summed E-state index contributed by atoms with van der Waals surface area (Å²) in [5.41, 5.74) is 1.08. The summed E-state index contributed by atoms with van der Waals surface area (Å²) in [5, 5.41) is 3.47. The van der Waals surface area contributed by atoms with Gasteiger partial charge in [-0.1, -0.05) is 33.8 Å². The molecule has 1 unspecified atom stereocenters. The number of anilines is 1. The van der Waals surface area contributed by atoms with Gasteiger partial charge in [0, 0.05) is 32.0 Å². The maximum absolute atomic E-state index is 5.99. The zero-order valence-electron chi connectivity index (χ0n) is 16.0. The van der Waals surface area contributed by atoms with E-state index >= 15 is 0 Å². The Morgan fingerprint density at radius 3 is 2.25 bits per heavy atom. The topological polar surface area (TPSA) is 37.0 Å². The van der Waals surface area contributed by atoms with Gasteiger partial charge in [-0.2, -0.15) is 0 Å². The molecule has 0 radical (unpaired) electrons. The molecule has 0 saturated heterocycles. The van der Waals surface area contributed by atoms with Crippen LogP contribution in [0.4, 0.5) is 5.69 Å². The molecule has 0 heterocycles. The Kier molecular flexibility index (Phi) is 10.5. The molecular weight excluding hydrogens is 302 g/mol. The maximum atomic E-state index is 5.99. The molecule has 1 N–H and O–H groups in total. The molecule has 1 atom stereocenters. The summed E-state index contributed by atoms with van der Waals surface area (Å²) in [7, 11) is 1.69. The third kappa shape index (κ3) is 7.51. The first-order chi connectivity index (χ1) is 11.7. The second-order valence-electron chi connectivity index (χ2n) is 5.75. The van der Waals surface area contributed by atoms with Gasteiger partial charge >= 0.3 is 0 Å². The van der Waals surface area contributed by atoms with Crippen molar-refractivity contribution >= 4 is 5.69 Å². The number of methoxy groups -OCH3 is 1. The average Bonchev–Trinajstić information content (AvgIpc) is 2.62. The highest BCUT2D eigenvalue weighted by atomic mass is 16.7. The lowest BCUT2D eigenvalue weighted by Gasteiger charge is -2.25. The Bertz CT molecular complexity index is 434. The van der Waals surface area contributed by atoms with Gasteiger partial charge in [-0.25, -0.2) is 0 Å². The van der Waals surface area contributed by atoms with Gasteiger partial charge in [0.2, 0.25) is 6.29 Å². The summed E-state index contributed by atoms with van der Waals surface area (Å²) in [5.74, 6) is 0.835. The van der Waals surface area contributed by atoms with Gasteiger partial charge in [0.15, 0.2) is 0 Å². The molecule has 0 spiro atoms. The molecule has 1 aromatic rings. The lowest BCUT2D eigenvalue weighted by molar-refractivity contribution is -0.0706. The number of nitrogens with zero attached hydrogens (tertiary/aromatic N) is 2. The highest BCUT2D eigenvalue weighted by Crippen LogP contribution is 2.19. The van der Waals surface area contributed by atoms with Gasteiger partial charge in [-0.15, -0.1) is 0 Å². The third-order valence-electron chi connectivity index (χ3n) is 4.32. The van der Waals surface area contributed by atoms with Crippen molar-refractivity contribution in [3.63, 3.8) is 0 Å². The van der Waals surface area contributed by atoms with E-state index in [9.17, 15) is 0 Å². The number of likely N-dealkylation sites (N-methyl/N-ethyl adjacent to an activating group) is 2. The Morgan fingerprint density at radius 2 is 1.67 bits per heavy atom. The lowest BCUT2D eigenvalue weighted by atomic mass is 10.3. The number of hydrogen-bond donors (Lipinski definition) is 1. The summed E-state index contributed by atoms with van der Waals surface area (Å²) in [6.45, 7) is 15.6. The Balaban J connectivity index is 2.54. The Morgan fingerprint density at radius 1 is 1.00 bits per heavy atom. The monoisotopic (exact) mass is 337 g/mol. The lowest BCUT2D eigenvalue weighted by Crippen LogP contribution is -2.36. The molecule has 0 aliphatic rings. The van der Waals surface area contributed by atoms with E-state index in [-0.39, 0.29) is 6.29 Å². The van der Waals surface area contributed by atoms with Crippen LogP contribution in [-0.2, 0) is 4.74 Å². The number of nitrogens with one attached hydrogen (secondary N) is 1. The van der Waals surface area contributed by atoms with Crippen molar-refractivity contribution in [2.45, 2.75) is 34.0 Å². The zero-order chi connectivity index (χ0) is 17.8. The highest BCUT2D eigenvalue weighted by molar-refractivity contribution is 5.48. The van der Waals surface area contributed by atoms with Crippen LogP contribution in [0.15, 0.2) is 24.3 Å². The fourth-order valence-corrected chi connectivity index (χ4v) is 2.58. The molecule has 0 saturated carbocycles. The van der Waals surface area contributed by atoms with Crippen LogP contribution >= 0.6 is 0 Å². The van der Waals surface area contributed by atoms with Crippen molar-refractivity contribution in [2.24, 2.45) is 0 Å². The van der Waals surface area contributed by atoms with Crippen LogP contribution in [0.2, 0.25) is 0 Å². The van der Waals surface area contributed by atoms with Crippen LogP contribution < -0.4 is 10.1 Å². The Labute approximate surface area is 147 Å². The van der Waals surface area contributed by atoms with E-state index in [2.05, 4.69) is 48.9 Å². The molecule has 1 rings (SSSR count). The van der Waals surface area contributed by atoms with E-state index in [1.165, 1.54) is 0 Å². The third-order valence-corrected chi connectivity index (χ3v) is 4.32. The summed E-state index contributed by atoms with van der Waals surface area (Å²) in [4.78, 5) is 4.69. The second-order valence-corrected chi connectivity index (χ2v) is 5.75. The van der Waals surface area contributed by atoms with Crippen LogP contribution in [-0.4, -0.2) is 69.0 Å². The molecule has 0 bridgehead atoms. The van der Waals surface area contributed by atoms with Gasteiger partial charge < -0.3 is 19.7 Å². The van der Waals surface area contributed by atoms with Gasteiger partial charge in [0.1, 0.15) is 5.75 Å². The van der Waals surface area contributed by atoms with E-state index in [4.69, 9.17) is 9.47 Å². The van der Waals surface area contributed by atoms with Crippen molar-refractivity contribution in [2.75, 3.05) is 58.2 Å². The molecule has 0 aliphatic heterocycles. The SMILES string of the molecule is CCN(CC)CCNc1cccc(OC(CN(CC)CC)OC)c1. The second kappa shape index (κ2) is 12.1. The largest absolute Gasteiger partial charge is 0.463 e. The predicted molar refractivity (Wildman–Crippen MR) is 102 cm³/mol. The first kappa shape index (κ1) is 20.7. The number of rotatable bonds is 13. The first-order valence-corrected chi connectivity index (χ1v) is 9.14. The van der Waals surface area contributed by atoms with E-state index < -0.39 is 0 Å². The molecule has 1 aromatic carbocycles. The Hall–Kier alpha value is -1.30. The van der Waals surface area contributed by atoms with Crippen molar-refractivity contribution in [3.8, 4) is 5.75 Å². The molecule has 24 heavy (non-hydrogen) atoms. The van der Waals surface area contributed by atoms with E-state index in [0.717, 1.165) is 57.3 Å². The van der Waals surface area contributed by atoms with Crippen molar-refractivity contribution in [1.29, 1.82) is 0 Å². The van der Waals surface area contributed by atoms with Gasteiger partial charge in [0.05, 0.1) is 6.54 Å². The van der Waals surface area contributed by atoms with Crippen LogP contribution in [0.3, 0.4) is 0 Å². The smallest absolute Gasteiger partial charge is 0.212 e. The summed E-state index contributed by atoms with van der Waals surface area (Å²) in [6.07, 6.45) is -0.254. The standard InChI is InChI=1S/C19H35N3O2/c1-6-21(7-2)14-13-20-17-11-10-12-18(15-17)24-19(23-5)16-22(8-3)9-4/h10-12,15,19-20H,6-9,13-14,16H2,1-5H3. The first-order valence-electron chi connectivity index (χ1n) is 9.14. The average molecular weight is 338 g/mol. The quantitative estimate of drug-likeness (QED) is 0.560. The molecular formula is C19H35N3O2. The molecule has 0 aliphatic carbocycles. The molecule has 0 amide bonds. The van der Waals surface area contributed by atoms with E-state index in [1.807, 2.05) is 18.2 Å². The predicted octanol–water partition coefficient (Wildman–Crippen LogP) is 3.13. The summed E-state index contributed by atoms with van der Waals surface area (Å²) < 4.78 is 11.5. The number of benzene rings is 1. The van der Waals surface area contributed by atoms with Gasteiger partial charge in [0.25, 0.3) is 0 Å². The fraction of sp³-hybridized carbons (Fsp3) is 0.684. The number of hydrogen-bond acceptors (Lipinski definition) is 5. The normalized spacial score (nSPS) is 12.6. The highest BCUT2D eigenvalue weighted by Gasteiger charge is 2.13. The zero-order valence-corrected chi connectivity index (χ0v) is 16.0.